The minimum Gasteiger partial charge on any atom is -0.316 e. The molecule has 0 unspecified atom stereocenters. The topological polar surface area (TPSA) is 29.9 Å². The van der Waals surface area contributed by atoms with E-state index >= 15 is 0 Å². The third-order valence-electron chi connectivity index (χ3n) is 2.82. The number of nitrogens with one attached hydrogen (secondary N) is 1. The number of rotatable bonds is 4. The van der Waals surface area contributed by atoms with Gasteiger partial charge in [-0.25, -0.2) is 4.39 Å². The molecule has 0 aliphatic rings. The van der Waals surface area contributed by atoms with Crippen LogP contribution in [0.3, 0.4) is 0 Å². The monoisotopic (exact) mass is 233 g/mol. The van der Waals surface area contributed by atoms with Crippen LogP contribution in [0, 0.1) is 12.7 Å². The van der Waals surface area contributed by atoms with E-state index in [2.05, 4.69) is 10.4 Å². The van der Waals surface area contributed by atoms with Gasteiger partial charge in [0.05, 0.1) is 12.7 Å². The van der Waals surface area contributed by atoms with E-state index < -0.39 is 0 Å². The van der Waals surface area contributed by atoms with Crippen molar-refractivity contribution < 1.29 is 4.39 Å². The second-order valence-corrected chi connectivity index (χ2v) is 4.07. The van der Waals surface area contributed by atoms with Gasteiger partial charge in [0.2, 0.25) is 0 Å². The smallest absolute Gasteiger partial charge is 0.123 e. The zero-order valence-corrected chi connectivity index (χ0v) is 10.1. The molecule has 1 N–H and O–H groups in total. The molecular weight excluding hydrogens is 217 g/mol. The van der Waals surface area contributed by atoms with Crippen LogP contribution in [-0.4, -0.2) is 16.8 Å². The molecular formula is C13H16FN3. The highest BCUT2D eigenvalue weighted by Gasteiger charge is 2.05. The van der Waals surface area contributed by atoms with Gasteiger partial charge in [0.25, 0.3) is 0 Å². The van der Waals surface area contributed by atoms with Crippen LogP contribution in [0.15, 0.2) is 30.5 Å². The molecule has 0 amide bonds. The predicted octanol–water partition coefficient (Wildman–Crippen LogP) is 2.10. The molecule has 17 heavy (non-hydrogen) atoms. The standard InChI is InChI=1S/C13H16FN3/c1-10-12(7-15-2)8-16-17(10)9-11-3-5-13(14)6-4-11/h3-6,8,15H,7,9H2,1-2H3. The average Bonchev–Trinajstić information content (AvgIpc) is 2.65. The van der Waals surface area contributed by atoms with Crippen molar-refractivity contribution in [1.82, 2.24) is 15.1 Å². The molecule has 1 aromatic heterocycles. The maximum absolute atomic E-state index is 12.8. The molecule has 0 aliphatic carbocycles. The predicted molar refractivity (Wildman–Crippen MR) is 65.2 cm³/mol. The maximum atomic E-state index is 12.8. The molecule has 0 spiro atoms. The summed E-state index contributed by atoms with van der Waals surface area (Å²) in [6.45, 7) is 3.54. The van der Waals surface area contributed by atoms with Crippen molar-refractivity contribution in [2.45, 2.75) is 20.0 Å². The minimum atomic E-state index is -0.207. The number of benzene rings is 1. The van der Waals surface area contributed by atoms with Crippen molar-refractivity contribution in [2.24, 2.45) is 0 Å². The van der Waals surface area contributed by atoms with Crippen LogP contribution in [0.5, 0.6) is 0 Å². The van der Waals surface area contributed by atoms with Gasteiger partial charge in [0.1, 0.15) is 5.82 Å². The third-order valence-corrected chi connectivity index (χ3v) is 2.82. The summed E-state index contributed by atoms with van der Waals surface area (Å²) in [6, 6.07) is 6.52. The SMILES string of the molecule is CNCc1cnn(Cc2ccc(F)cc2)c1C. The quantitative estimate of drug-likeness (QED) is 0.876. The summed E-state index contributed by atoms with van der Waals surface area (Å²) >= 11 is 0. The lowest BCUT2D eigenvalue weighted by atomic mass is 10.2. The fraction of sp³-hybridized carbons (Fsp3) is 0.308. The van der Waals surface area contributed by atoms with Crippen molar-refractivity contribution in [3.63, 3.8) is 0 Å². The Labute approximate surface area is 100 Å². The number of aromatic nitrogens is 2. The molecule has 2 aromatic rings. The van der Waals surface area contributed by atoms with E-state index in [0.717, 1.165) is 17.8 Å². The molecule has 0 aliphatic heterocycles. The summed E-state index contributed by atoms with van der Waals surface area (Å²) < 4.78 is 14.7. The summed E-state index contributed by atoms with van der Waals surface area (Å²) in [5.41, 5.74) is 3.38. The van der Waals surface area contributed by atoms with E-state index in [1.165, 1.54) is 17.7 Å². The van der Waals surface area contributed by atoms with Gasteiger partial charge in [0, 0.05) is 17.8 Å². The Bertz CT molecular complexity index is 488. The first-order valence-electron chi connectivity index (χ1n) is 5.61. The van der Waals surface area contributed by atoms with E-state index in [1.807, 2.05) is 24.9 Å². The third kappa shape index (κ3) is 2.71. The number of nitrogens with zero attached hydrogens (tertiary/aromatic N) is 2. The summed E-state index contributed by atoms with van der Waals surface area (Å²) in [6.07, 6.45) is 1.87. The average molecular weight is 233 g/mol. The second kappa shape index (κ2) is 5.10. The van der Waals surface area contributed by atoms with Crippen LogP contribution in [0.25, 0.3) is 0 Å². The molecule has 0 saturated heterocycles. The van der Waals surface area contributed by atoms with Crippen molar-refractivity contribution in [2.75, 3.05) is 7.05 Å². The molecule has 1 aromatic carbocycles. The summed E-state index contributed by atoms with van der Waals surface area (Å²) in [7, 11) is 1.91. The molecule has 0 saturated carbocycles. The van der Waals surface area contributed by atoms with Crippen LogP contribution in [0.2, 0.25) is 0 Å². The molecule has 4 heteroatoms. The Morgan fingerprint density at radius 2 is 2.00 bits per heavy atom. The van der Waals surface area contributed by atoms with E-state index in [-0.39, 0.29) is 5.82 Å². The van der Waals surface area contributed by atoms with Gasteiger partial charge >= 0.3 is 0 Å². The summed E-state index contributed by atoms with van der Waals surface area (Å²) in [4.78, 5) is 0. The number of halogens is 1. The van der Waals surface area contributed by atoms with Gasteiger partial charge in [-0.15, -0.1) is 0 Å². The van der Waals surface area contributed by atoms with Crippen LogP contribution in [0.4, 0.5) is 4.39 Å². The Morgan fingerprint density at radius 3 is 2.65 bits per heavy atom. The molecule has 1 heterocycles. The molecule has 3 nitrogen and oxygen atoms in total. The Kier molecular flexibility index (Phi) is 3.54. The van der Waals surface area contributed by atoms with E-state index in [4.69, 9.17) is 0 Å². The lowest BCUT2D eigenvalue weighted by Gasteiger charge is -2.05. The number of hydrogen-bond acceptors (Lipinski definition) is 2. The first kappa shape index (κ1) is 11.8. The van der Waals surface area contributed by atoms with Gasteiger partial charge in [-0.3, -0.25) is 4.68 Å². The molecule has 0 radical (unpaired) electrons. The largest absolute Gasteiger partial charge is 0.316 e. The van der Waals surface area contributed by atoms with Gasteiger partial charge in [-0.2, -0.15) is 5.10 Å². The van der Waals surface area contributed by atoms with Crippen molar-refractivity contribution in [3.05, 3.63) is 53.1 Å². The van der Waals surface area contributed by atoms with E-state index in [0.29, 0.717) is 6.54 Å². The highest BCUT2D eigenvalue weighted by Crippen LogP contribution is 2.10. The number of hydrogen-bond donors (Lipinski definition) is 1. The Morgan fingerprint density at radius 1 is 1.29 bits per heavy atom. The molecule has 0 bridgehead atoms. The Hall–Kier alpha value is -1.68. The molecule has 90 valence electrons. The van der Waals surface area contributed by atoms with Gasteiger partial charge in [0.15, 0.2) is 0 Å². The van der Waals surface area contributed by atoms with E-state index in [1.54, 1.807) is 12.1 Å². The summed E-state index contributed by atoms with van der Waals surface area (Å²) in [5.74, 6) is -0.207. The normalized spacial score (nSPS) is 10.8. The zero-order valence-electron chi connectivity index (χ0n) is 10.1. The van der Waals surface area contributed by atoms with Crippen LogP contribution >= 0.6 is 0 Å². The lowest BCUT2D eigenvalue weighted by Crippen LogP contribution is -2.08. The van der Waals surface area contributed by atoms with Crippen LogP contribution < -0.4 is 5.32 Å². The molecule has 0 atom stereocenters. The minimum absolute atomic E-state index is 0.207. The van der Waals surface area contributed by atoms with Crippen LogP contribution in [-0.2, 0) is 13.1 Å². The zero-order chi connectivity index (χ0) is 12.3. The first-order chi connectivity index (χ1) is 8.20. The van der Waals surface area contributed by atoms with Gasteiger partial charge < -0.3 is 5.32 Å². The first-order valence-corrected chi connectivity index (χ1v) is 5.61. The lowest BCUT2D eigenvalue weighted by molar-refractivity contribution is 0.623. The van der Waals surface area contributed by atoms with Crippen molar-refractivity contribution >= 4 is 0 Å². The summed E-state index contributed by atoms with van der Waals surface area (Å²) in [5, 5.41) is 7.44. The van der Waals surface area contributed by atoms with Crippen molar-refractivity contribution in [1.29, 1.82) is 0 Å². The van der Waals surface area contributed by atoms with Crippen LogP contribution in [0.1, 0.15) is 16.8 Å². The Balaban J connectivity index is 2.16. The van der Waals surface area contributed by atoms with E-state index in [9.17, 15) is 4.39 Å². The fourth-order valence-corrected chi connectivity index (χ4v) is 1.77. The highest BCUT2D eigenvalue weighted by molar-refractivity contribution is 5.20. The maximum Gasteiger partial charge on any atom is 0.123 e. The second-order valence-electron chi connectivity index (χ2n) is 4.07. The van der Waals surface area contributed by atoms with Gasteiger partial charge in [-0.05, 0) is 31.7 Å². The molecule has 0 fully saturated rings. The molecule has 2 rings (SSSR count). The van der Waals surface area contributed by atoms with Gasteiger partial charge in [-0.1, -0.05) is 12.1 Å². The van der Waals surface area contributed by atoms with Crippen molar-refractivity contribution in [3.8, 4) is 0 Å². The highest BCUT2D eigenvalue weighted by atomic mass is 19.1. The fourth-order valence-electron chi connectivity index (χ4n) is 1.77.